The van der Waals surface area contributed by atoms with Crippen LogP contribution in [-0.2, 0) is 6.18 Å². The molecule has 0 bridgehead atoms. The van der Waals surface area contributed by atoms with Crippen LogP contribution < -0.4 is 5.32 Å². The third kappa shape index (κ3) is 3.09. The van der Waals surface area contributed by atoms with E-state index in [-0.39, 0.29) is 23.4 Å². The second-order valence-electron chi connectivity index (χ2n) is 9.06. The van der Waals surface area contributed by atoms with E-state index in [2.05, 4.69) is 25.5 Å². The first kappa shape index (κ1) is 20.1. The molecular weight excluding hydrogens is 435 g/mol. The molecule has 3 aromatic heterocycles. The van der Waals surface area contributed by atoms with Crippen molar-refractivity contribution in [3.63, 3.8) is 0 Å². The summed E-state index contributed by atoms with van der Waals surface area (Å²) < 4.78 is 38.5. The molecule has 1 amide bonds. The van der Waals surface area contributed by atoms with Crippen molar-refractivity contribution in [3.05, 3.63) is 59.8 Å². The van der Waals surface area contributed by atoms with Gasteiger partial charge in [0.25, 0.3) is 5.91 Å². The Morgan fingerprint density at radius 2 is 1.94 bits per heavy atom. The van der Waals surface area contributed by atoms with Crippen molar-refractivity contribution in [2.24, 2.45) is 11.3 Å². The Hall–Kier alpha value is -3.50. The van der Waals surface area contributed by atoms with E-state index in [1.165, 1.54) is 23.3 Å². The minimum Gasteiger partial charge on any atom is -0.365 e. The third-order valence-corrected chi connectivity index (χ3v) is 7.14. The first-order valence-corrected chi connectivity index (χ1v) is 10.7. The molecule has 170 valence electrons. The van der Waals surface area contributed by atoms with Gasteiger partial charge in [0.1, 0.15) is 11.5 Å². The summed E-state index contributed by atoms with van der Waals surface area (Å²) >= 11 is 0. The van der Waals surface area contributed by atoms with Crippen molar-refractivity contribution in [1.29, 1.82) is 0 Å². The normalized spacial score (nSPS) is 27.5. The number of nitrogens with one attached hydrogen (secondary N) is 1. The van der Waals surface area contributed by atoms with Crippen molar-refractivity contribution in [1.82, 2.24) is 29.9 Å². The molecule has 1 N–H and O–H groups in total. The maximum Gasteiger partial charge on any atom is 0.417 e. The molecule has 8 nitrogen and oxygen atoms in total. The molecule has 1 spiro atoms. The fourth-order valence-electron chi connectivity index (χ4n) is 5.54. The number of pyridine rings is 2. The zero-order valence-corrected chi connectivity index (χ0v) is 17.6. The molecule has 0 radical (unpaired) electrons. The molecule has 4 atom stereocenters. The van der Waals surface area contributed by atoms with Gasteiger partial charge >= 0.3 is 6.18 Å². The topological polar surface area (TPSA) is 88.8 Å². The van der Waals surface area contributed by atoms with Crippen LogP contribution in [0.2, 0.25) is 0 Å². The Balaban J connectivity index is 1.26. The lowest BCUT2D eigenvalue weighted by molar-refractivity contribution is -0.137. The number of alkyl halides is 3. The highest BCUT2D eigenvalue weighted by Gasteiger charge is 2.75. The number of aryl methyl sites for hydroxylation is 1. The third-order valence-electron chi connectivity index (χ3n) is 7.14. The number of anilines is 1. The first-order chi connectivity index (χ1) is 15.8. The predicted octanol–water partition coefficient (Wildman–Crippen LogP) is 3.10. The first-order valence-electron chi connectivity index (χ1n) is 10.7. The fourth-order valence-corrected chi connectivity index (χ4v) is 5.54. The van der Waals surface area contributed by atoms with Crippen LogP contribution in [0.4, 0.5) is 19.0 Å². The van der Waals surface area contributed by atoms with Gasteiger partial charge in [-0.2, -0.15) is 23.4 Å². The molecule has 2 aliphatic carbocycles. The van der Waals surface area contributed by atoms with Gasteiger partial charge in [-0.1, -0.05) is 0 Å². The van der Waals surface area contributed by atoms with Gasteiger partial charge in [0, 0.05) is 24.5 Å². The second kappa shape index (κ2) is 6.75. The number of halogens is 3. The molecule has 3 fully saturated rings. The highest BCUT2D eigenvalue weighted by atomic mass is 19.4. The standard InChI is InChI=1S/C22H20F3N7O/c1-12-2-4-16(32-27-6-7-28-32)18(29-12)20(33)31-11-14-8-21(14)9-15(19(21)31)30-17-5-3-13(10-26-17)22(23,24)25/h2-7,10,14-15,19H,8-9,11H2,1H3,(H,26,30). The predicted molar refractivity (Wildman–Crippen MR) is 111 cm³/mol. The largest absolute Gasteiger partial charge is 0.417 e. The molecule has 0 aromatic carbocycles. The number of carbonyl (C=O) groups excluding carboxylic acids is 1. The highest BCUT2D eigenvalue weighted by molar-refractivity contribution is 5.96. The van der Waals surface area contributed by atoms with E-state index >= 15 is 0 Å². The van der Waals surface area contributed by atoms with E-state index in [0.717, 1.165) is 25.1 Å². The number of piperidine rings is 1. The number of aromatic nitrogens is 5. The summed E-state index contributed by atoms with van der Waals surface area (Å²) in [6, 6.07) is 5.80. The molecule has 1 saturated heterocycles. The summed E-state index contributed by atoms with van der Waals surface area (Å²) in [4.78, 5) is 25.3. The van der Waals surface area contributed by atoms with E-state index < -0.39 is 11.7 Å². The maximum atomic E-state index is 13.6. The zero-order chi connectivity index (χ0) is 23.0. The van der Waals surface area contributed by atoms with Crippen molar-refractivity contribution in [2.45, 2.75) is 38.0 Å². The van der Waals surface area contributed by atoms with Gasteiger partial charge in [0.2, 0.25) is 0 Å². The maximum absolute atomic E-state index is 13.6. The molecule has 4 heterocycles. The van der Waals surface area contributed by atoms with Gasteiger partial charge in [-0.25, -0.2) is 9.97 Å². The lowest BCUT2D eigenvalue weighted by Gasteiger charge is -2.48. The monoisotopic (exact) mass is 455 g/mol. The van der Waals surface area contributed by atoms with Crippen LogP contribution in [-0.4, -0.2) is 54.4 Å². The van der Waals surface area contributed by atoms with Crippen LogP contribution in [0.5, 0.6) is 0 Å². The summed E-state index contributed by atoms with van der Waals surface area (Å²) in [5.41, 5.74) is 0.820. The molecule has 1 aliphatic heterocycles. The van der Waals surface area contributed by atoms with Crippen molar-refractivity contribution in [3.8, 4) is 5.69 Å². The van der Waals surface area contributed by atoms with Gasteiger partial charge in [0.15, 0.2) is 5.69 Å². The number of rotatable bonds is 4. The van der Waals surface area contributed by atoms with Gasteiger partial charge < -0.3 is 10.2 Å². The molecule has 33 heavy (non-hydrogen) atoms. The van der Waals surface area contributed by atoms with Gasteiger partial charge in [-0.05, 0) is 55.4 Å². The number of amides is 1. The Labute approximate surface area is 186 Å². The minimum atomic E-state index is -4.43. The summed E-state index contributed by atoms with van der Waals surface area (Å²) in [6.07, 6.45) is 1.41. The Morgan fingerprint density at radius 3 is 2.64 bits per heavy atom. The molecule has 6 rings (SSSR count). The Kier molecular flexibility index (Phi) is 4.12. The van der Waals surface area contributed by atoms with Crippen LogP contribution in [0.1, 0.15) is 34.6 Å². The summed E-state index contributed by atoms with van der Waals surface area (Å²) in [5.74, 6) is 0.630. The number of carbonyl (C=O) groups is 1. The summed E-state index contributed by atoms with van der Waals surface area (Å²) in [7, 11) is 0. The molecule has 3 aromatic rings. The van der Waals surface area contributed by atoms with E-state index in [9.17, 15) is 18.0 Å². The molecule has 4 unspecified atom stereocenters. The van der Waals surface area contributed by atoms with Crippen molar-refractivity contribution >= 4 is 11.7 Å². The number of hydrogen-bond donors (Lipinski definition) is 1. The molecular formula is C22H20F3N7O. The number of hydrogen-bond acceptors (Lipinski definition) is 6. The zero-order valence-electron chi connectivity index (χ0n) is 17.6. The van der Waals surface area contributed by atoms with Crippen molar-refractivity contribution < 1.29 is 18.0 Å². The minimum absolute atomic E-state index is 0.0557. The summed E-state index contributed by atoms with van der Waals surface area (Å²) in [5, 5.41) is 11.5. The fraction of sp³-hybridized carbons (Fsp3) is 0.409. The average Bonchev–Trinajstić information content (AvgIpc) is 3.14. The lowest BCUT2D eigenvalue weighted by Crippen LogP contribution is -2.60. The average molecular weight is 455 g/mol. The van der Waals surface area contributed by atoms with E-state index in [4.69, 9.17) is 0 Å². The van der Waals surface area contributed by atoms with E-state index in [0.29, 0.717) is 35.4 Å². The molecule has 3 aliphatic rings. The number of likely N-dealkylation sites (tertiary alicyclic amines) is 1. The van der Waals surface area contributed by atoms with Crippen LogP contribution >= 0.6 is 0 Å². The van der Waals surface area contributed by atoms with Gasteiger partial charge in [0.05, 0.1) is 24.0 Å². The molecule has 11 heteroatoms. The van der Waals surface area contributed by atoms with Crippen LogP contribution in [0.25, 0.3) is 5.69 Å². The number of nitrogens with zero attached hydrogens (tertiary/aromatic N) is 6. The van der Waals surface area contributed by atoms with E-state index in [1.807, 2.05) is 17.9 Å². The second-order valence-corrected chi connectivity index (χ2v) is 9.06. The summed E-state index contributed by atoms with van der Waals surface area (Å²) in [6.45, 7) is 2.47. The van der Waals surface area contributed by atoms with Gasteiger partial charge in [-0.15, -0.1) is 4.80 Å². The molecule has 2 saturated carbocycles. The van der Waals surface area contributed by atoms with Crippen LogP contribution in [0.15, 0.2) is 42.9 Å². The van der Waals surface area contributed by atoms with Gasteiger partial charge in [-0.3, -0.25) is 4.79 Å². The van der Waals surface area contributed by atoms with Crippen LogP contribution in [0.3, 0.4) is 0 Å². The quantitative estimate of drug-likeness (QED) is 0.651. The Bertz CT molecular complexity index is 1230. The van der Waals surface area contributed by atoms with Crippen molar-refractivity contribution in [2.75, 3.05) is 11.9 Å². The van der Waals surface area contributed by atoms with Crippen LogP contribution in [0, 0.1) is 18.3 Å². The smallest absolute Gasteiger partial charge is 0.365 e. The van der Waals surface area contributed by atoms with E-state index in [1.54, 1.807) is 6.07 Å². The Morgan fingerprint density at radius 1 is 1.15 bits per heavy atom. The highest BCUT2D eigenvalue weighted by Crippen LogP contribution is 2.71. The SMILES string of the molecule is Cc1ccc(-n2nccn2)c(C(=O)N2CC3CC34CC(Nc3ccc(C(F)(F)F)cn3)C24)n1. The lowest BCUT2D eigenvalue weighted by atomic mass is 9.71.